The third kappa shape index (κ3) is 2.44. The third-order valence-electron chi connectivity index (χ3n) is 5.70. The minimum absolute atomic E-state index is 0.634. The molecule has 3 aromatic rings. The number of rotatable bonds is 2. The van der Waals surface area contributed by atoms with Gasteiger partial charge in [-0.05, 0) is 54.8 Å². The van der Waals surface area contributed by atoms with Crippen molar-refractivity contribution in [3.63, 3.8) is 0 Å². The van der Waals surface area contributed by atoms with Crippen molar-refractivity contribution in [2.24, 2.45) is 0 Å². The molecule has 2 aromatic carbocycles. The first-order chi connectivity index (χ1) is 12.2. The van der Waals surface area contributed by atoms with Crippen LogP contribution in [0.2, 0.25) is 5.02 Å². The summed E-state index contributed by atoms with van der Waals surface area (Å²) in [6.07, 6.45) is 3.58. The first kappa shape index (κ1) is 15.2. The predicted molar refractivity (Wildman–Crippen MR) is 106 cm³/mol. The quantitative estimate of drug-likeness (QED) is 0.584. The summed E-state index contributed by atoms with van der Waals surface area (Å²) in [5, 5.41) is 2.14. The first-order valence-corrected chi connectivity index (χ1v) is 9.37. The van der Waals surface area contributed by atoms with Crippen LogP contribution in [-0.4, -0.2) is 22.6 Å². The Labute approximate surface area is 153 Å². The van der Waals surface area contributed by atoms with Crippen molar-refractivity contribution >= 4 is 34.3 Å². The van der Waals surface area contributed by atoms with Gasteiger partial charge in [-0.25, -0.2) is 0 Å². The average molecular weight is 349 g/mol. The van der Waals surface area contributed by atoms with E-state index < -0.39 is 0 Å². The standard InChI is InChI=1S/C22H21ClN2/c1-15(16-5-3-2-4-6-16)12-25-21-8-7-18(23)11-19(21)20-14-24-10-9-17(13-24)22(20)25/h2-8,11-12,17H,9-10,13-14H2,1H3/b15-12+. The van der Waals surface area contributed by atoms with Gasteiger partial charge in [-0.1, -0.05) is 41.9 Å². The normalized spacial score (nSPS) is 22.4. The van der Waals surface area contributed by atoms with Gasteiger partial charge in [0, 0.05) is 41.3 Å². The van der Waals surface area contributed by atoms with Gasteiger partial charge in [0.1, 0.15) is 0 Å². The highest BCUT2D eigenvalue weighted by Crippen LogP contribution is 2.42. The van der Waals surface area contributed by atoms with Crippen LogP contribution in [0.1, 0.15) is 36.1 Å². The highest BCUT2D eigenvalue weighted by molar-refractivity contribution is 6.31. The minimum Gasteiger partial charge on any atom is -0.319 e. The zero-order valence-electron chi connectivity index (χ0n) is 14.4. The Morgan fingerprint density at radius 3 is 2.84 bits per heavy atom. The molecule has 1 fully saturated rings. The molecule has 2 aliphatic rings. The molecule has 2 nitrogen and oxygen atoms in total. The van der Waals surface area contributed by atoms with E-state index in [1.54, 1.807) is 0 Å². The Bertz CT molecular complexity index is 984. The van der Waals surface area contributed by atoms with Gasteiger partial charge in [0.25, 0.3) is 0 Å². The molecule has 25 heavy (non-hydrogen) atoms. The fraction of sp³-hybridized carbons (Fsp3) is 0.273. The third-order valence-corrected chi connectivity index (χ3v) is 5.94. The van der Waals surface area contributed by atoms with E-state index >= 15 is 0 Å². The molecule has 0 aliphatic carbocycles. The van der Waals surface area contributed by atoms with Crippen LogP contribution in [0.25, 0.3) is 22.7 Å². The molecular formula is C22H21ClN2. The van der Waals surface area contributed by atoms with Gasteiger partial charge in [0.15, 0.2) is 0 Å². The van der Waals surface area contributed by atoms with Crippen molar-refractivity contribution in [3.05, 3.63) is 70.4 Å². The van der Waals surface area contributed by atoms with Crippen LogP contribution in [0, 0.1) is 0 Å². The van der Waals surface area contributed by atoms with Gasteiger partial charge in [-0.3, -0.25) is 4.90 Å². The summed E-state index contributed by atoms with van der Waals surface area (Å²) in [5.41, 5.74) is 6.81. The summed E-state index contributed by atoms with van der Waals surface area (Å²) in [7, 11) is 0. The molecule has 2 atom stereocenters. The molecule has 5 rings (SSSR count). The number of halogens is 1. The summed E-state index contributed by atoms with van der Waals surface area (Å²) in [5.74, 6) is 0.634. The summed E-state index contributed by atoms with van der Waals surface area (Å²) in [4.78, 5) is 2.57. The Balaban J connectivity index is 1.75. The summed E-state index contributed by atoms with van der Waals surface area (Å²) >= 11 is 6.32. The van der Waals surface area contributed by atoms with Crippen molar-refractivity contribution in [2.75, 3.05) is 13.1 Å². The molecular weight excluding hydrogens is 328 g/mol. The molecule has 0 saturated carbocycles. The van der Waals surface area contributed by atoms with E-state index in [1.807, 2.05) is 6.07 Å². The van der Waals surface area contributed by atoms with Crippen molar-refractivity contribution in [1.29, 1.82) is 0 Å². The number of allylic oxidation sites excluding steroid dienone is 1. The van der Waals surface area contributed by atoms with E-state index in [0.717, 1.165) is 11.6 Å². The lowest BCUT2D eigenvalue weighted by atomic mass is 9.97. The Morgan fingerprint density at radius 2 is 2.00 bits per heavy atom. The van der Waals surface area contributed by atoms with Crippen LogP contribution >= 0.6 is 11.6 Å². The van der Waals surface area contributed by atoms with Crippen molar-refractivity contribution < 1.29 is 0 Å². The van der Waals surface area contributed by atoms with Gasteiger partial charge < -0.3 is 4.57 Å². The largest absolute Gasteiger partial charge is 0.319 e. The van der Waals surface area contributed by atoms with Crippen molar-refractivity contribution in [2.45, 2.75) is 25.8 Å². The van der Waals surface area contributed by atoms with Gasteiger partial charge in [-0.15, -0.1) is 0 Å². The van der Waals surface area contributed by atoms with Crippen LogP contribution in [0.15, 0.2) is 48.5 Å². The number of fused-ring (bicyclic) bond motifs is 6. The summed E-state index contributed by atoms with van der Waals surface area (Å²) in [6.45, 7) is 5.65. The minimum atomic E-state index is 0.634. The Hall–Kier alpha value is -2.03. The monoisotopic (exact) mass is 348 g/mol. The fourth-order valence-corrected chi connectivity index (χ4v) is 4.69. The van der Waals surface area contributed by atoms with Gasteiger partial charge in [-0.2, -0.15) is 0 Å². The van der Waals surface area contributed by atoms with Gasteiger partial charge >= 0.3 is 0 Å². The fourth-order valence-electron chi connectivity index (χ4n) is 4.51. The number of benzene rings is 2. The molecule has 1 saturated heterocycles. The molecule has 0 N–H and O–H groups in total. The molecule has 0 radical (unpaired) electrons. The topological polar surface area (TPSA) is 8.17 Å². The molecule has 2 aliphatic heterocycles. The predicted octanol–water partition coefficient (Wildman–Crippen LogP) is 5.62. The van der Waals surface area contributed by atoms with Gasteiger partial charge in [0.2, 0.25) is 0 Å². The second-order valence-corrected chi connectivity index (χ2v) is 7.73. The number of hydrogen-bond donors (Lipinski definition) is 0. The van der Waals surface area contributed by atoms with E-state index in [9.17, 15) is 0 Å². The maximum absolute atomic E-state index is 6.32. The van der Waals surface area contributed by atoms with E-state index in [2.05, 4.69) is 65.1 Å². The average Bonchev–Trinajstić information content (AvgIpc) is 3.15. The van der Waals surface area contributed by atoms with Gasteiger partial charge in [0.05, 0.1) is 5.52 Å². The number of nitrogens with zero attached hydrogens (tertiary/aromatic N) is 2. The lowest BCUT2D eigenvalue weighted by Crippen LogP contribution is -2.25. The molecule has 3 heteroatoms. The highest BCUT2D eigenvalue weighted by Gasteiger charge is 2.35. The zero-order chi connectivity index (χ0) is 17.0. The number of hydrogen-bond acceptors (Lipinski definition) is 1. The maximum atomic E-state index is 6.32. The molecule has 0 spiro atoms. The summed E-state index contributed by atoms with van der Waals surface area (Å²) in [6, 6.07) is 17.0. The first-order valence-electron chi connectivity index (χ1n) is 8.99. The Morgan fingerprint density at radius 1 is 1.16 bits per heavy atom. The van der Waals surface area contributed by atoms with Crippen LogP contribution in [0.5, 0.6) is 0 Å². The molecule has 2 unspecified atom stereocenters. The van der Waals surface area contributed by atoms with E-state index in [1.165, 1.54) is 52.8 Å². The SMILES string of the molecule is C/C(=C\n1c2c(c3cc(Cl)ccc31)CN1CCC2C1)c1ccccc1. The number of aromatic nitrogens is 1. The molecule has 3 heterocycles. The summed E-state index contributed by atoms with van der Waals surface area (Å²) < 4.78 is 2.44. The van der Waals surface area contributed by atoms with Crippen LogP contribution in [0.3, 0.4) is 0 Å². The second-order valence-electron chi connectivity index (χ2n) is 7.29. The lowest BCUT2D eigenvalue weighted by molar-refractivity contribution is 0.313. The van der Waals surface area contributed by atoms with Crippen LogP contribution in [-0.2, 0) is 6.54 Å². The second kappa shape index (κ2) is 5.76. The maximum Gasteiger partial charge on any atom is 0.0529 e. The smallest absolute Gasteiger partial charge is 0.0529 e. The van der Waals surface area contributed by atoms with E-state index in [0.29, 0.717) is 5.92 Å². The molecule has 2 bridgehead atoms. The van der Waals surface area contributed by atoms with E-state index in [-0.39, 0.29) is 0 Å². The molecule has 126 valence electrons. The van der Waals surface area contributed by atoms with Crippen molar-refractivity contribution in [1.82, 2.24) is 9.47 Å². The Kier molecular flexibility index (Phi) is 3.51. The lowest BCUT2D eigenvalue weighted by Gasteiger charge is -2.24. The van der Waals surface area contributed by atoms with Crippen molar-refractivity contribution in [3.8, 4) is 0 Å². The molecule has 0 amide bonds. The zero-order valence-corrected chi connectivity index (χ0v) is 15.1. The van der Waals surface area contributed by atoms with Crippen LogP contribution in [0.4, 0.5) is 0 Å². The van der Waals surface area contributed by atoms with Crippen LogP contribution < -0.4 is 0 Å². The van der Waals surface area contributed by atoms with E-state index in [4.69, 9.17) is 11.6 Å². The molecule has 1 aromatic heterocycles. The highest BCUT2D eigenvalue weighted by atomic mass is 35.5.